The number of aromatic nitrogens is 2. The van der Waals surface area contributed by atoms with Gasteiger partial charge in [-0.3, -0.25) is 9.36 Å². The van der Waals surface area contributed by atoms with E-state index in [2.05, 4.69) is 53.2 Å². The third-order valence-electron chi connectivity index (χ3n) is 4.51. The smallest absolute Gasteiger partial charge is 0.233 e. The van der Waals surface area contributed by atoms with Crippen molar-refractivity contribution in [3.63, 3.8) is 0 Å². The molecule has 146 valence electrons. The fourth-order valence-corrected chi connectivity index (χ4v) is 3.78. The van der Waals surface area contributed by atoms with Crippen LogP contribution >= 0.6 is 11.8 Å². The summed E-state index contributed by atoms with van der Waals surface area (Å²) < 4.78 is 2.02. The molecule has 0 aliphatic rings. The SMILES string of the molecule is Cc1cccc(-n2ccnc2SCC(=O)N(C)Cc2ccc(N(C)C)cc2)c1. The summed E-state index contributed by atoms with van der Waals surface area (Å²) in [6, 6.07) is 16.5. The second-order valence-corrected chi connectivity index (χ2v) is 7.96. The fraction of sp³-hybridized carbons (Fsp3) is 0.273. The van der Waals surface area contributed by atoms with Crippen LogP contribution in [0.1, 0.15) is 11.1 Å². The minimum absolute atomic E-state index is 0.0838. The topological polar surface area (TPSA) is 41.4 Å². The molecule has 3 rings (SSSR count). The normalized spacial score (nSPS) is 10.7. The Labute approximate surface area is 171 Å². The zero-order valence-corrected chi connectivity index (χ0v) is 17.6. The number of benzene rings is 2. The zero-order chi connectivity index (χ0) is 20.1. The van der Waals surface area contributed by atoms with Crippen LogP contribution in [0.4, 0.5) is 5.69 Å². The molecule has 1 amide bonds. The summed E-state index contributed by atoms with van der Waals surface area (Å²) in [4.78, 5) is 20.8. The van der Waals surface area contributed by atoms with Crippen molar-refractivity contribution in [2.75, 3.05) is 31.8 Å². The van der Waals surface area contributed by atoms with Gasteiger partial charge in [-0.05, 0) is 42.3 Å². The maximum atomic E-state index is 12.6. The number of carbonyl (C=O) groups is 1. The number of rotatable bonds is 7. The molecule has 28 heavy (non-hydrogen) atoms. The number of carbonyl (C=O) groups excluding carboxylic acids is 1. The van der Waals surface area contributed by atoms with Gasteiger partial charge in [-0.2, -0.15) is 0 Å². The Morgan fingerprint density at radius 2 is 1.86 bits per heavy atom. The molecule has 1 aromatic heterocycles. The van der Waals surface area contributed by atoms with Crippen molar-refractivity contribution < 1.29 is 4.79 Å². The summed E-state index contributed by atoms with van der Waals surface area (Å²) >= 11 is 1.46. The van der Waals surface area contributed by atoms with Gasteiger partial charge in [0.1, 0.15) is 0 Å². The first-order valence-electron chi connectivity index (χ1n) is 9.17. The van der Waals surface area contributed by atoms with E-state index in [4.69, 9.17) is 0 Å². The Morgan fingerprint density at radius 3 is 2.54 bits per heavy atom. The first kappa shape index (κ1) is 20.0. The lowest BCUT2D eigenvalue weighted by molar-refractivity contribution is -0.127. The number of aryl methyl sites for hydroxylation is 1. The standard InChI is InChI=1S/C22H26N4OS/c1-17-6-5-7-20(14-17)26-13-12-23-22(26)28-16-21(27)25(4)15-18-8-10-19(11-9-18)24(2)3/h5-14H,15-16H2,1-4H3. The third-order valence-corrected chi connectivity index (χ3v) is 5.46. The number of hydrogen-bond donors (Lipinski definition) is 0. The van der Waals surface area contributed by atoms with Crippen LogP contribution in [0.5, 0.6) is 0 Å². The second-order valence-electron chi connectivity index (χ2n) is 7.02. The molecule has 0 atom stereocenters. The summed E-state index contributed by atoms with van der Waals surface area (Å²) in [5.74, 6) is 0.440. The number of anilines is 1. The molecule has 3 aromatic rings. The van der Waals surface area contributed by atoms with Crippen molar-refractivity contribution in [3.05, 3.63) is 72.1 Å². The molecule has 0 unspecified atom stereocenters. The minimum Gasteiger partial charge on any atom is -0.378 e. The van der Waals surface area contributed by atoms with Gasteiger partial charge in [0.15, 0.2) is 5.16 Å². The van der Waals surface area contributed by atoms with Gasteiger partial charge >= 0.3 is 0 Å². The van der Waals surface area contributed by atoms with Gasteiger partial charge in [0.25, 0.3) is 0 Å². The van der Waals surface area contributed by atoms with Crippen molar-refractivity contribution in [1.82, 2.24) is 14.5 Å². The Balaban J connectivity index is 1.59. The fourth-order valence-electron chi connectivity index (χ4n) is 2.87. The van der Waals surface area contributed by atoms with Gasteiger partial charge < -0.3 is 9.80 Å². The summed E-state index contributed by atoms with van der Waals surface area (Å²) in [6.45, 7) is 2.66. The molecular formula is C22H26N4OS. The summed E-state index contributed by atoms with van der Waals surface area (Å²) in [7, 11) is 5.88. The molecule has 6 heteroatoms. The van der Waals surface area contributed by atoms with E-state index in [1.54, 1.807) is 11.1 Å². The van der Waals surface area contributed by atoms with Crippen LogP contribution in [0.3, 0.4) is 0 Å². The Morgan fingerprint density at radius 1 is 1.11 bits per heavy atom. The second kappa shape index (κ2) is 8.97. The molecule has 1 heterocycles. The molecule has 0 aliphatic carbocycles. The lowest BCUT2D eigenvalue weighted by atomic mass is 10.2. The number of hydrogen-bond acceptors (Lipinski definition) is 4. The van der Waals surface area contributed by atoms with E-state index in [9.17, 15) is 4.79 Å². The largest absolute Gasteiger partial charge is 0.378 e. The minimum atomic E-state index is 0.0838. The molecule has 0 radical (unpaired) electrons. The number of amides is 1. The van der Waals surface area contributed by atoms with Gasteiger partial charge in [0.2, 0.25) is 5.91 Å². The van der Waals surface area contributed by atoms with E-state index in [1.165, 1.54) is 17.3 Å². The predicted molar refractivity (Wildman–Crippen MR) is 116 cm³/mol. The van der Waals surface area contributed by atoms with Crippen LogP contribution in [0.25, 0.3) is 5.69 Å². The first-order chi connectivity index (χ1) is 13.4. The third kappa shape index (κ3) is 4.95. The molecule has 2 aromatic carbocycles. The highest BCUT2D eigenvalue weighted by molar-refractivity contribution is 7.99. The molecule has 0 N–H and O–H groups in total. The summed E-state index contributed by atoms with van der Waals surface area (Å²) in [6.07, 6.45) is 3.70. The van der Waals surface area contributed by atoms with E-state index < -0.39 is 0 Å². The molecule has 0 aliphatic heterocycles. The van der Waals surface area contributed by atoms with Crippen molar-refractivity contribution in [3.8, 4) is 5.69 Å². The van der Waals surface area contributed by atoms with Crippen LogP contribution in [0.15, 0.2) is 66.1 Å². The monoisotopic (exact) mass is 394 g/mol. The molecular weight excluding hydrogens is 368 g/mol. The predicted octanol–water partition coefficient (Wildman–Crippen LogP) is 4.00. The zero-order valence-electron chi connectivity index (χ0n) is 16.8. The Kier molecular flexibility index (Phi) is 6.41. The maximum Gasteiger partial charge on any atom is 0.233 e. The lowest BCUT2D eigenvalue weighted by Crippen LogP contribution is -2.27. The highest BCUT2D eigenvalue weighted by Crippen LogP contribution is 2.22. The molecule has 5 nitrogen and oxygen atoms in total. The van der Waals surface area contributed by atoms with Gasteiger partial charge in [-0.25, -0.2) is 4.98 Å². The number of imidazole rings is 1. The van der Waals surface area contributed by atoms with Crippen LogP contribution in [0, 0.1) is 6.92 Å². The first-order valence-corrected chi connectivity index (χ1v) is 10.2. The quantitative estimate of drug-likeness (QED) is 0.568. The van der Waals surface area contributed by atoms with Crippen LogP contribution in [0.2, 0.25) is 0 Å². The average Bonchev–Trinajstić information content (AvgIpc) is 3.15. The van der Waals surface area contributed by atoms with Crippen molar-refractivity contribution in [2.45, 2.75) is 18.6 Å². The van der Waals surface area contributed by atoms with Crippen molar-refractivity contribution in [1.29, 1.82) is 0 Å². The van der Waals surface area contributed by atoms with Gasteiger partial charge in [0.05, 0.1) is 5.75 Å². The van der Waals surface area contributed by atoms with E-state index >= 15 is 0 Å². The number of thioether (sulfide) groups is 1. The molecule has 0 saturated heterocycles. The highest BCUT2D eigenvalue weighted by atomic mass is 32.2. The van der Waals surface area contributed by atoms with E-state index in [-0.39, 0.29) is 5.91 Å². The van der Waals surface area contributed by atoms with E-state index in [0.717, 1.165) is 22.1 Å². The van der Waals surface area contributed by atoms with Crippen LogP contribution < -0.4 is 4.90 Å². The average molecular weight is 395 g/mol. The molecule has 0 saturated carbocycles. The van der Waals surface area contributed by atoms with Crippen LogP contribution in [-0.4, -0.2) is 47.3 Å². The van der Waals surface area contributed by atoms with Gasteiger partial charge in [0, 0.05) is 51.5 Å². The van der Waals surface area contributed by atoms with Crippen molar-refractivity contribution >= 4 is 23.4 Å². The maximum absolute atomic E-state index is 12.6. The van der Waals surface area contributed by atoms with E-state index in [1.807, 2.05) is 44.0 Å². The van der Waals surface area contributed by atoms with Crippen LogP contribution in [-0.2, 0) is 11.3 Å². The van der Waals surface area contributed by atoms with Gasteiger partial charge in [-0.15, -0.1) is 0 Å². The molecule has 0 fully saturated rings. The highest BCUT2D eigenvalue weighted by Gasteiger charge is 2.13. The summed E-state index contributed by atoms with van der Waals surface area (Å²) in [5, 5.41) is 0.822. The van der Waals surface area contributed by atoms with Gasteiger partial charge in [-0.1, -0.05) is 36.0 Å². The van der Waals surface area contributed by atoms with Crippen molar-refractivity contribution in [2.24, 2.45) is 0 Å². The molecule has 0 bridgehead atoms. The Bertz CT molecular complexity index is 934. The summed E-state index contributed by atoms with van der Waals surface area (Å²) in [5.41, 5.74) is 4.52. The Hall–Kier alpha value is -2.73. The molecule has 0 spiro atoms. The van der Waals surface area contributed by atoms with E-state index in [0.29, 0.717) is 12.3 Å². The lowest BCUT2D eigenvalue weighted by Gasteiger charge is -2.18. The number of nitrogens with zero attached hydrogens (tertiary/aromatic N) is 4.